The number of hydrogen-bond acceptors (Lipinski definition) is 7. The fourth-order valence-electron chi connectivity index (χ4n) is 6.65. The van der Waals surface area contributed by atoms with Crippen LogP contribution in [0.15, 0.2) is 30.5 Å². The summed E-state index contributed by atoms with van der Waals surface area (Å²) in [5, 5.41) is 22.6. The normalized spacial score (nSPS) is 21.8. The number of ether oxygens (including phenoxy) is 1. The Balaban J connectivity index is 1.52. The maximum absolute atomic E-state index is 16.6. The molecule has 2 aliphatic heterocycles. The maximum atomic E-state index is 16.6. The summed E-state index contributed by atoms with van der Waals surface area (Å²) >= 11 is 0. The van der Waals surface area contributed by atoms with Gasteiger partial charge in [-0.1, -0.05) is 19.9 Å². The quantitative estimate of drug-likeness (QED) is 0.268. The van der Waals surface area contributed by atoms with E-state index in [-0.39, 0.29) is 35.1 Å². The van der Waals surface area contributed by atoms with Gasteiger partial charge in [0.15, 0.2) is 5.82 Å². The van der Waals surface area contributed by atoms with E-state index in [0.717, 1.165) is 19.4 Å². The number of halogens is 3. The first kappa shape index (κ1) is 28.6. The van der Waals surface area contributed by atoms with Crippen LogP contribution in [-0.4, -0.2) is 67.1 Å². The van der Waals surface area contributed by atoms with Gasteiger partial charge in [-0.15, -0.1) is 0 Å². The molecule has 0 spiro atoms. The highest BCUT2D eigenvalue weighted by atomic mass is 19.1. The third-order valence-corrected chi connectivity index (χ3v) is 9.16. The Labute approximate surface area is 242 Å². The number of phenols is 1. The summed E-state index contributed by atoms with van der Waals surface area (Å²) in [7, 11) is 0. The van der Waals surface area contributed by atoms with Crippen molar-refractivity contribution in [3.63, 3.8) is 0 Å². The molecule has 222 valence electrons. The molecular formula is C32H35F3N4O3. The third kappa shape index (κ3) is 4.74. The molecule has 2 fully saturated rings. The minimum absolute atomic E-state index is 0.0717. The minimum Gasteiger partial charge on any atom is -0.508 e. The molecule has 0 radical (unpaired) electrons. The Morgan fingerprint density at radius 3 is 2.74 bits per heavy atom. The van der Waals surface area contributed by atoms with E-state index in [0.29, 0.717) is 46.8 Å². The SMILES string of the molecule is CCc1c(F)ccc2cc(O)cc(-c3ncc4c(C(C)C(C)(C)O)nc(OC[C@@]56CCCN5C[C@H](F)C6)nc4c3F)c12. The molecular weight excluding hydrogens is 545 g/mol. The standard InChI is InChI=1S/C32H35F3N4O3/c1-5-21-24(34)8-7-18-11-20(40)12-22(25(18)21)28-26(35)29-23(14-36-28)27(17(2)31(3,4)41)37-30(38-29)42-16-32-9-6-10-39(32)15-19(33)13-32/h7-8,11-12,14,17,19,40-41H,5-6,9-10,13,15-16H2,1-4H3/t17?,19-,32+/m1/s1. The molecule has 0 aliphatic carbocycles. The number of hydrogen-bond donors (Lipinski definition) is 2. The van der Waals surface area contributed by atoms with Crippen molar-refractivity contribution in [2.45, 2.75) is 76.6 Å². The van der Waals surface area contributed by atoms with Crippen LogP contribution >= 0.6 is 0 Å². The largest absolute Gasteiger partial charge is 0.508 e. The zero-order valence-electron chi connectivity index (χ0n) is 24.2. The molecule has 1 unspecified atom stereocenters. The van der Waals surface area contributed by atoms with Gasteiger partial charge in [-0.25, -0.2) is 13.2 Å². The van der Waals surface area contributed by atoms with Gasteiger partial charge in [-0.2, -0.15) is 9.97 Å². The highest BCUT2D eigenvalue weighted by Gasteiger charge is 2.49. The van der Waals surface area contributed by atoms with E-state index in [9.17, 15) is 19.0 Å². The molecule has 3 atom stereocenters. The molecule has 4 heterocycles. The van der Waals surface area contributed by atoms with Crippen molar-refractivity contribution in [3.8, 4) is 23.0 Å². The molecule has 2 aromatic heterocycles. The lowest BCUT2D eigenvalue weighted by atomic mass is 9.88. The van der Waals surface area contributed by atoms with E-state index in [1.54, 1.807) is 33.8 Å². The number of alkyl halides is 1. The number of aliphatic hydroxyl groups is 1. The molecule has 0 saturated carbocycles. The van der Waals surface area contributed by atoms with E-state index in [1.165, 1.54) is 24.4 Å². The zero-order valence-corrected chi connectivity index (χ0v) is 24.2. The predicted octanol–water partition coefficient (Wildman–Crippen LogP) is 6.22. The first-order valence-corrected chi connectivity index (χ1v) is 14.5. The molecule has 2 aliphatic rings. The van der Waals surface area contributed by atoms with Crippen LogP contribution in [0.3, 0.4) is 0 Å². The van der Waals surface area contributed by atoms with Gasteiger partial charge in [0, 0.05) is 36.0 Å². The number of nitrogens with zero attached hydrogens (tertiary/aromatic N) is 4. The topological polar surface area (TPSA) is 91.6 Å². The van der Waals surface area contributed by atoms with Crippen molar-refractivity contribution >= 4 is 21.7 Å². The highest BCUT2D eigenvalue weighted by molar-refractivity contribution is 6.01. The summed E-state index contributed by atoms with van der Waals surface area (Å²) in [6, 6.07) is 5.67. The molecule has 7 nitrogen and oxygen atoms in total. The monoisotopic (exact) mass is 580 g/mol. The van der Waals surface area contributed by atoms with Crippen molar-refractivity contribution in [1.82, 2.24) is 19.9 Å². The van der Waals surface area contributed by atoms with Gasteiger partial charge < -0.3 is 14.9 Å². The molecule has 2 N–H and O–H groups in total. The number of fused-ring (bicyclic) bond motifs is 3. The number of aromatic nitrogens is 3. The van der Waals surface area contributed by atoms with Gasteiger partial charge in [0.25, 0.3) is 0 Å². The van der Waals surface area contributed by atoms with Crippen LogP contribution < -0.4 is 4.74 Å². The highest BCUT2D eigenvalue weighted by Crippen LogP contribution is 2.42. The second-order valence-corrected chi connectivity index (χ2v) is 12.3. The summed E-state index contributed by atoms with van der Waals surface area (Å²) < 4.78 is 51.9. The average Bonchev–Trinajstić information content (AvgIpc) is 3.46. The first-order chi connectivity index (χ1) is 19.9. The summed E-state index contributed by atoms with van der Waals surface area (Å²) in [5.41, 5.74) is -0.866. The van der Waals surface area contributed by atoms with Crippen LogP contribution in [0.5, 0.6) is 11.8 Å². The molecule has 2 aromatic carbocycles. The van der Waals surface area contributed by atoms with Crippen molar-refractivity contribution in [2.24, 2.45) is 0 Å². The fourth-order valence-corrected chi connectivity index (χ4v) is 6.65. The number of rotatable bonds is 7. The number of aromatic hydroxyl groups is 1. The Kier molecular flexibility index (Phi) is 7.05. The van der Waals surface area contributed by atoms with Crippen LogP contribution in [0, 0.1) is 11.6 Å². The van der Waals surface area contributed by atoms with Gasteiger partial charge in [-0.3, -0.25) is 9.88 Å². The van der Waals surface area contributed by atoms with Crippen LogP contribution in [0.1, 0.15) is 64.1 Å². The summed E-state index contributed by atoms with van der Waals surface area (Å²) in [6.45, 7) is 8.18. The van der Waals surface area contributed by atoms with Gasteiger partial charge >= 0.3 is 6.01 Å². The van der Waals surface area contributed by atoms with E-state index in [1.807, 2.05) is 0 Å². The van der Waals surface area contributed by atoms with Gasteiger partial charge in [-0.05, 0) is 74.2 Å². The average molecular weight is 581 g/mol. The van der Waals surface area contributed by atoms with Crippen LogP contribution in [-0.2, 0) is 6.42 Å². The smallest absolute Gasteiger partial charge is 0.317 e. The number of benzene rings is 2. The third-order valence-electron chi connectivity index (χ3n) is 9.16. The summed E-state index contributed by atoms with van der Waals surface area (Å²) in [5.74, 6) is -1.88. The van der Waals surface area contributed by atoms with E-state index in [2.05, 4.69) is 19.9 Å². The summed E-state index contributed by atoms with van der Waals surface area (Å²) in [6.07, 6.45) is 2.95. The Morgan fingerprint density at radius 1 is 1.21 bits per heavy atom. The van der Waals surface area contributed by atoms with Crippen LogP contribution in [0.4, 0.5) is 13.2 Å². The molecule has 0 bridgehead atoms. The molecule has 42 heavy (non-hydrogen) atoms. The van der Waals surface area contributed by atoms with Gasteiger partial charge in [0.05, 0.1) is 16.8 Å². The Hall–Kier alpha value is -3.50. The van der Waals surface area contributed by atoms with Gasteiger partial charge in [0.1, 0.15) is 35.6 Å². The number of aryl methyl sites for hydroxylation is 1. The molecule has 0 amide bonds. The Morgan fingerprint density at radius 2 is 2.00 bits per heavy atom. The van der Waals surface area contributed by atoms with E-state index in [4.69, 9.17) is 4.74 Å². The first-order valence-electron chi connectivity index (χ1n) is 14.5. The Bertz CT molecular complexity index is 1690. The van der Waals surface area contributed by atoms with Crippen molar-refractivity contribution < 1.29 is 28.1 Å². The zero-order chi connectivity index (χ0) is 30.0. The predicted molar refractivity (Wildman–Crippen MR) is 154 cm³/mol. The second kappa shape index (κ2) is 10.3. The lowest BCUT2D eigenvalue weighted by Gasteiger charge is -2.31. The fraction of sp³-hybridized carbons (Fsp3) is 0.469. The minimum atomic E-state index is -1.21. The number of phenolic OH excluding ortho intramolecular Hbond substituents is 1. The summed E-state index contributed by atoms with van der Waals surface area (Å²) in [4.78, 5) is 15.6. The second-order valence-electron chi connectivity index (χ2n) is 12.3. The lowest BCUT2D eigenvalue weighted by Crippen LogP contribution is -2.43. The van der Waals surface area contributed by atoms with E-state index >= 15 is 4.39 Å². The van der Waals surface area contributed by atoms with Crippen LogP contribution in [0.25, 0.3) is 32.9 Å². The number of pyridine rings is 1. The van der Waals surface area contributed by atoms with Crippen LogP contribution in [0.2, 0.25) is 0 Å². The lowest BCUT2D eigenvalue weighted by molar-refractivity contribution is 0.0544. The van der Waals surface area contributed by atoms with E-state index < -0.39 is 34.9 Å². The molecule has 6 rings (SSSR count). The molecule has 10 heteroatoms. The maximum Gasteiger partial charge on any atom is 0.317 e. The van der Waals surface area contributed by atoms with Crippen molar-refractivity contribution in [2.75, 3.05) is 19.7 Å². The molecule has 4 aromatic rings. The van der Waals surface area contributed by atoms with Gasteiger partial charge in [0.2, 0.25) is 0 Å². The van der Waals surface area contributed by atoms with Crippen molar-refractivity contribution in [1.29, 1.82) is 0 Å². The molecule has 2 saturated heterocycles. The van der Waals surface area contributed by atoms with Crippen molar-refractivity contribution in [3.05, 3.63) is 53.4 Å².